The Bertz CT molecular complexity index is 167. The standard InChI is InChI=1S/C5H3F9/c1-2(3(6,7)8,4(9,10)11)5(12,13)14/h1H3. The topological polar surface area (TPSA) is 0 Å². The summed E-state index contributed by atoms with van der Waals surface area (Å²) in [7, 11) is 0. The first-order valence-electron chi connectivity index (χ1n) is 2.95. The van der Waals surface area contributed by atoms with E-state index in [0.717, 1.165) is 0 Å². The largest absolute Gasteiger partial charge is 0.411 e. The molecule has 0 aromatic rings. The molecule has 0 amide bonds. The number of halogens is 9. The lowest BCUT2D eigenvalue weighted by molar-refractivity contribution is -0.420. The molecule has 0 aromatic carbocycles. The molecule has 0 saturated heterocycles. The molecule has 0 N–H and O–H groups in total. The van der Waals surface area contributed by atoms with E-state index in [2.05, 4.69) is 0 Å². The van der Waals surface area contributed by atoms with E-state index in [4.69, 9.17) is 0 Å². The summed E-state index contributed by atoms with van der Waals surface area (Å²) >= 11 is 0. The van der Waals surface area contributed by atoms with Gasteiger partial charge in [-0.2, -0.15) is 39.5 Å². The second kappa shape index (κ2) is 2.93. The Morgan fingerprint density at radius 1 is 0.500 bits per heavy atom. The number of hydrogen-bond donors (Lipinski definition) is 0. The first kappa shape index (κ1) is 13.4. The molecule has 0 aromatic heterocycles. The van der Waals surface area contributed by atoms with Crippen LogP contribution in [-0.4, -0.2) is 18.5 Å². The van der Waals surface area contributed by atoms with Gasteiger partial charge in [0.1, 0.15) is 0 Å². The van der Waals surface area contributed by atoms with Crippen molar-refractivity contribution in [3.63, 3.8) is 0 Å². The van der Waals surface area contributed by atoms with Gasteiger partial charge in [-0.05, 0) is 6.92 Å². The van der Waals surface area contributed by atoms with Crippen molar-refractivity contribution in [1.82, 2.24) is 0 Å². The van der Waals surface area contributed by atoms with Crippen molar-refractivity contribution in [1.29, 1.82) is 0 Å². The molecule has 0 spiro atoms. The summed E-state index contributed by atoms with van der Waals surface area (Å²) in [5.74, 6) is 0. The van der Waals surface area contributed by atoms with Crippen molar-refractivity contribution >= 4 is 0 Å². The molecule has 0 aliphatic heterocycles. The van der Waals surface area contributed by atoms with Crippen LogP contribution < -0.4 is 0 Å². The molecule has 0 aliphatic carbocycles. The fourth-order valence-corrected chi connectivity index (χ4v) is 0.482. The van der Waals surface area contributed by atoms with Crippen LogP contribution in [0.4, 0.5) is 39.5 Å². The van der Waals surface area contributed by atoms with Crippen molar-refractivity contribution in [3.05, 3.63) is 0 Å². The molecule has 0 fully saturated rings. The Hall–Kier alpha value is -0.630. The van der Waals surface area contributed by atoms with Crippen LogP contribution in [0, 0.1) is 5.41 Å². The fourth-order valence-electron chi connectivity index (χ4n) is 0.482. The molecule has 0 aliphatic rings. The fraction of sp³-hybridized carbons (Fsp3) is 1.00. The molecule has 0 atom stereocenters. The first-order chi connectivity index (χ1) is 5.75. The van der Waals surface area contributed by atoms with Gasteiger partial charge in [-0.15, -0.1) is 0 Å². The van der Waals surface area contributed by atoms with Crippen LogP contribution >= 0.6 is 0 Å². The Balaban J connectivity index is 5.54. The van der Waals surface area contributed by atoms with Gasteiger partial charge in [0.05, 0.1) is 0 Å². The minimum Gasteiger partial charge on any atom is -0.170 e. The zero-order chi connectivity index (χ0) is 12.0. The van der Waals surface area contributed by atoms with E-state index in [9.17, 15) is 39.5 Å². The van der Waals surface area contributed by atoms with E-state index in [-0.39, 0.29) is 0 Å². The summed E-state index contributed by atoms with van der Waals surface area (Å²) in [6.07, 6.45) is -19.3. The van der Waals surface area contributed by atoms with Gasteiger partial charge in [0.15, 0.2) is 0 Å². The van der Waals surface area contributed by atoms with Crippen LogP contribution in [0.15, 0.2) is 0 Å². The maximum atomic E-state index is 11.7. The van der Waals surface area contributed by atoms with E-state index in [0.29, 0.717) is 0 Å². The van der Waals surface area contributed by atoms with Crippen LogP contribution in [-0.2, 0) is 0 Å². The van der Waals surface area contributed by atoms with Crippen molar-refractivity contribution in [2.75, 3.05) is 0 Å². The van der Waals surface area contributed by atoms with Crippen molar-refractivity contribution in [3.8, 4) is 0 Å². The van der Waals surface area contributed by atoms with Gasteiger partial charge >= 0.3 is 18.5 Å². The summed E-state index contributed by atoms with van der Waals surface area (Å²) in [5.41, 5.74) is -5.69. The zero-order valence-corrected chi connectivity index (χ0v) is 6.40. The van der Waals surface area contributed by atoms with E-state index in [1.165, 1.54) is 0 Å². The van der Waals surface area contributed by atoms with Crippen LogP contribution in [0.2, 0.25) is 0 Å². The van der Waals surface area contributed by atoms with E-state index >= 15 is 0 Å². The monoisotopic (exact) mass is 234 g/mol. The second-order valence-corrected chi connectivity index (χ2v) is 2.62. The lowest BCUT2D eigenvalue weighted by Gasteiger charge is -2.35. The van der Waals surface area contributed by atoms with Crippen LogP contribution in [0.1, 0.15) is 6.92 Å². The van der Waals surface area contributed by atoms with Crippen LogP contribution in [0.3, 0.4) is 0 Å². The molecule has 0 unspecified atom stereocenters. The maximum Gasteiger partial charge on any atom is 0.411 e. The second-order valence-electron chi connectivity index (χ2n) is 2.62. The van der Waals surface area contributed by atoms with Crippen molar-refractivity contribution < 1.29 is 39.5 Å². The SMILES string of the molecule is CC(C(F)(F)F)(C(F)(F)F)C(F)(F)F. The first-order valence-corrected chi connectivity index (χ1v) is 2.95. The predicted octanol–water partition coefficient (Wildman–Crippen LogP) is 3.68. The highest BCUT2D eigenvalue weighted by Gasteiger charge is 2.80. The van der Waals surface area contributed by atoms with Gasteiger partial charge in [0.2, 0.25) is 0 Å². The average Bonchev–Trinajstić information content (AvgIpc) is 1.77. The van der Waals surface area contributed by atoms with E-state index in [1.807, 2.05) is 0 Å². The third-order valence-electron chi connectivity index (χ3n) is 1.70. The third-order valence-corrected chi connectivity index (χ3v) is 1.70. The maximum absolute atomic E-state index is 11.7. The Labute approximate surface area is 71.7 Å². The summed E-state index contributed by atoms with van der Waals surface area (Å²) in [5, 5.41) is 0. The lowest BCUT2D eigenvalue weighted by atomic mass is 9.88. The van der Waals surface area contributed by atoms with Crippen molar-refractivity contribution in [2.45, 2.75) is 25.5 Å². The van der Waals surface area contributed by atoms with Gasteiger partial charge in [-0.25, -0.2) is 0 Å². The quantitative estimate of drug-likeness (QED) is 0.561. The molecule has 0 nitrogen and oxygen atoms in total. The molecular formula is C5H3F9. The highest BCUT2D eigenvalue weighted by Crippen LogP contribution is 2.58. The summed E-state index contributed by atoms with van der Waals surface area (Å²) in [6.45, 7) is -0.938. The molecule has 86 valence electrons. The minimum absolute atomic E-state index is 0.938. The molecule has 0 saturated carbocycles. The van der Waals surface area contributed by atoms with E-state index < -0.39 is 30.9 Å². The molecule has 14 heavy (non-hydrogen) atoms. The summed E-state index contributed by atoms with van der Waals surface area (Å²) < 4.78 is 105. The molecule has 9 heteroatoms. The predicted molar refractivity (Wildman–Crippen MR) is 26.3 cm³/mol. The summed E-state index contributed by atoms with van der Waals surface area (Å²) in [6, 6.07) is 0. The number of alkyl halides is 9. The van der Waals surface area contributed by atoms with E-state index in [1.54, 1.807) is 0 Å². The Morgan fingerprint density at radius 3 is 0.643 bits per heavy atom. The Morgan fingerprint density at radius 2 is 0.643 bits per heavy atom. The summed E-state index contributed by atoms with van der Waals surface area (Å²) in [4.78, 5) is 0. The van der Waals surface area contributed by atoms with Gasteiger partial charge in [0.25, 0.3) is 5.41 Å². The molecule has 0 radical (unpaired) electrons. The smallest absolute Gasteiger partial charge is 0.170 e. The van der Waals surface area contributed by atoms with Gasteiger partial charge in [-0.3, -0.25) is 0 Å². The molecule has 0 bridgehead atoms. The average molecular weight is 234 g/mol. The molecule has 0 rings (SSSR count). The van der Waals surface area contributed by atoms with Crippen LogP contribution in [0.25, 0.3) is 0 Å². The molecular weight excluding hydrogens is 231 g/mol. The normalized spacial score (nSPS) is 15.9. The minimum atomic E-state index is -6.43. The highest BCUT2D eigenvalue weighted by atomic mass is 19.4. The Kier molecular flexibility index (Phi) is 2.80. The van der Waals surface area contributed by atoms with Gasteiger partial charge < -0.3 is 0 Å². The molecule has 0 heterocycles. The highest BCUT2D eigenvalue weighted by molar-refractivity contribution is 4.95. The number of rotatable bonds is 0. The van der Waals surface area contributed by atoms with Gasteiger partial charge in [0, 0.05) is 0 Å². The number of hydrogen-bond acceptors (Lipinski definition) is 0. The van der Waals surface area contributed by atoms with Crippen molar-refractivity contribution in [2.24, 2.45) is 5.41 Å². The van der Waals surface area contributed by atoms with Crippen LogP contribution in [0.5, 0.6) is 0 Å². The van der Waals surface area contributed by atoms with Gasteiger partial charge in [-0.1, -0.05) is 0 Å². The third kappa shape index (κ3) is 1.76. The zero-order valence-electron chi connectivity index (χ0n) is 6.40. The lowest BCUT2D eigenvalue weighted by Crippen LogP contribution is -2.57.